The highest BCUT2D eigenvalue weighted by atomic mass is 127. The zero-order valence-corrected chi connectivity index (χ0v) is 20.4. The number of ether oxygens (including phenoxy) is 1. The lowest BCUT2D eigenvalue weighted by Gasteiger charge is -2.31. The van der Waals surface area contributed by atoms with Gasteiger partial charge in [-0.25, -0.2) is 13.3 Å². The molecule has 2 aliphatic rings. The molecule has 0 radical (unpaired) electrons. The van der Waals surface area contributed by atoms with Crippen molar-refractivity contribution in [2.45, 2.75) is 16.7 Å². The van der Waals surface area contributed by atoms with E-state index in [4.69, 9.17) is 4.74 Å². The van der Waals surface area contributed by atoms with Crippen LogP contribution in [0.25, 0.3) is 0 Å². The van der Waals surface area contributed by atoms with Crippen LogP contribution in [0.4, 0.5) is 5.69 Å². The van der Waals surface area contributed by atoms with Gasteiger partial charge >= 0.3 is 0 Å². The largest absolute Gasteiger partial charge is 0.379 e. The van der Waals surface area contributed by atoms with Gasteiger partial charge in [-0.2, -0.15) is 4.31 Å². The number of carbonyl (C=O) groups is 2. The highest BCUT2D eigenvalue weighted by molar-refractivity contribution is 14.1. The smallest absolute Gasteiger partial charge is 0.253 e. The van der Waals surface area contributed by atoms with E-state index in [1.165, 1.54) is 10.4 Å². The molecule has 0 spiro atoms. The summed E-state index contributed by atoms with van der Waals surface area (Å²) < 4.78 is 34.5. The zero-order chi connectivity index (χ0) is 22.0. The molecule has 1 unspecified atom stereocenters. The Bertz CT molecular complexity index is 1040. The summed E-state index contributed by atoms with van der Waals surface area (Å²) in [4.78, 5) is 29.3. The molecule has 2 fully saturated rings. The van der Waals surface area contributed by atoms with Gasteiger partial charge in [0.25, 0.3) is 15.9 Å². The van der Waals surface area contributed by atoms with Crippen molar-refractivity contribution < 1.29 is 22.7 Å². The van der Waals surface area contributed by atoms with Gasteiger partial charge in [0.05, 0.1) is 25.3 Å². The van der Waals surface area contributed by atoms with Crippen LogP contribution in [0.2, 0.25) is 0 Å². The molecule has 0 saturated carbocycles. The summed E-state index contributed by atoms with van der Waals surface area (Å²) in [7, 11) is -3.92. The first-order chi connectivity index (χ1) is 14.9. The average molecular weight is 575 g/mol. The maximum absolute atomic E-state index is 13.4. The van der Waals surface area contributed by atoms with E-state index in [1.807, 2.05) is 12.1 Å². The molecule has 0 bridgehead atoms. The molecule has 1 atom stereocenters. The summed E-state index contributed by atoms with van der Waals surface area (Å²) in [5.41, 5.74) is 0.458. The maximum Gasteiger partial charge on any atom is 0.253 e. The third-order valence-electron chi connectivity index (χ3n) is 5.35. The van der Waals surface area contributed by atoms with Crippen molar-refractivity contribution in [3.63, 3.8) is 0 Å². The van der Waals surface area contributed by atoms with Crippen LogP contribution in [-0.4, -0.2) is 74.9 Å². The lowest BCUT2D eigenvalue weighted by Crippen LogP contribution is -2.49. The summed E-state index contributed by atoms with van der Waals surface area (Å²) in [6.07, 6.45) is -0.168. The van der Waals surface area contributed by atoms with Crippen molar-refractivity contribution in [2.24, 2.45) is 0 Å². The van der Waals surface area contributed by atoms with Gasteiger partial charge in [0.15, 0.2) is 0 Å². The minimum Gasteiger partial charge on any atom is -0.379 e. The van der Waals surface area contributed by atoms with Gasteiger partial charge in [-0.1, -0.05) is 6.07 Å². The highest BCUT2D eigenvalue weighted by Gasteiger charge is 2.47. The predicted octanol–water partition coefficient (Wildman–Crippen LogP) is 2.01. The number of carbonyl (C=O) groups excluding carboxylic acids is 2. The van der Waals surface area contributed by atoms with Crippen LogP contribution in [0.1, 0.15) is 6.42 Å². The summed E-state index contributed by atoms with van der Waals surface area (Å²) in [6, 6.07) is 9.15. The summed E-state index contributed by atoms with van der Waals surface area (Å²) >= 11 is 3.25. The topological polar surface area (TPSA) is 87.2 Å². The molecule has 3 heterocycles. The van der Waals surface area contributed by atoms with E-state index in [9.17, 15) is 18.0 Å². The molecule has 8 nitrogen and oxygen atoms in total. The second-order valence-corrected chi connectivity index (χ2v) is 11.6. The second-order valence-electron chi connectivity index (χ2n) is 7.27. The van der Waals surface area contributed by atoms with Gasteiger partial charge in [0, 0.05) is 29.7 Å². The van der Waals surface area contributed by atoms with Gasteiger partial charge in [-0.3, -0.25) is 14.5 Å². The molecule has 1 aromatic heterocycles. The number of amides is 2. The van der Waals surface area contributed by atoms with Crippen LogP contribution >= 0.6 is 33.9 Å². The average Bonchev–Trinajstić information content (AvgIpc) is 3.39. The van der Waals surface area contributed by atoms with E-state index in [-0.39, 0.29) is 17.2 Å². The number of rotatable bonds is 7. The monoisotopic (exact) mass is 575 g/mol. The molecule has 1 aromatic carbocycles. The number of nitrogens with zero attached hydrogens (tertiary/aromatic N) is 3. The number of morpholine rings is 1. The SMILES string of the molecule is O=C1CC(N(CCN2CCOCC2)S(=O)(=O)c2cccs2)C(=O)N1c1ccc(I)cc1. The third-order valence-corrected chi connectivity index (χ3v) is 9.35. The third kappa shape index (κ3) is 4.86. The van der Waals surface area contributed by atoms with E-state index in [2.05, 4.69) is 27.5 Å². The molecule has 4 rings (SSSR count). The van der Waals surface area contributed by atoms with Crippen molar-refractivity contribution in [3.05, 3.63) is 45.3 Å². The van der Waals surface area contributed by atoms with E-state index < -0.39 is 27.9 Å². The fraction of sp³-hybridized carbons (Fsp3) is 0.400. The van der Waals surface area contributed by atoms with Crippen molar-refractivity contribution >= 4 is 61.5 Å². The Kier molecular flexibility index (Phi) is 7.08. The standard InChI is InChI=1S/C20H22IN3O5S2/c21-15-3-5-16(6-4-15)24-18(25)14-17(20(24)26)23(8-7-22-9-11-29-12-10-22)31(27,28)19-2-1-13-30-19/h1-6,13,17H,7-12,14H2. The van der Waals surface area contributed by atoms with Gasteiger partial charge in [0.2, 0.25) is 5.91 Å². The lowest BCUT2D eigenvalue weighted by molar-refractivity contribution is -0.122. The number of sulfonamides is 1. The Morgan fingerprint density at radius 3 is 2.48 bits per heavy atom. The summed E-state index contributed by atoms with van der Waals surface area (Å²) in [6.45, 7) is 3.20. The molecule has 2 aromatic rings. The van der Waals surface area contributed by atoms with Crippen LogP contribution < -0.4 is 4.90 Å². The summed E-state index contributed by atoms with van der Waals surface area (Å²) in [5.74, 6) is -0.901. The van der Waals surface area contributed by atoms with Crippen molar-refractivity contribution in [1.29, 1.82) is 0 Å². The molecule has 166 valence electrons. The minimum absolute atomic E-state index is 0.129. The Hall–Kier alpha value is -1.38. The maximum atomic E-state index is 13.4. The Balaban J connectivity index is 1.62. The molecule has 2 aliphatic heterocycles. The first kappa shape index (κ1) is 22.8. The number of thiophene rings is 1. The number of anilines is 1. The van der Waals surface area contributed by atoms with E-state index in [0.717, 1.165) is 19.8 Å². The van der Waals surface area contributed by atoms with Crippen LogP contribution in [0.3, 0.4) is 0 Å². The fourth-order valence-electron chi connectivity index (χ4n) is 3.74. The van der Waals surface area contributed by atoms with E-state index >= 15 is 0 Å². The van der Waals surface area contributed by atoms with Crippen LogP contribution in [0, 0.1) is 3.57 Å². The van der Waals surface area contributed by atoms with Gasteiger partial charge in [-0.15, -0.1) is 11.3 Å². The van der Waals surface area contributed by atoms with Crippen LogP contribution in [0.5, 0.6) is 0 Å². The first-order valence-corrected chi connectivity index (χ1v) is 13.3. The number of imide groups is 1. The molecular weight excluding hydrogens is 553 g/mol. The minimum atomic E-state index is -3.92. The summed E-state index contributed by atoms with van der Waals surface area (Å²) in [5, 5.41) is 1.69. The molecule has 0 N–H and O–H groups in total. The number of hydrogen-bond donors (Lipinski definition) is 0. The van der Waals surface area contributed by atoms with Gasteiger partial charge in [0.1, 0.15) is 10.3 Å². The Morgan fingerprint density at radius 1 is 1.13 bits per heavy atom. The lowest BCUT2D eigenvalue weighted by atomic mass is 10.2. The number of hydrogen-bond acceptors (Lipinski definition) is 7. The number of benzene rings is 1. The molecule has 0 aliphatic carbocycles. The van der Waals surface area contributed by atoms with Crippen molar-refractivity contribution in [3.8, 4) is 0 Å². The second kappa shape index (κ2) is 9.63. The van der Waals surface area contributed by atoms with Crippen molar-refractivity contribution in [1.82, 2.24) is 9.21 Å². The number of halogens is 1. The fourth-order valence-corrected chi connectivity index (χ4v) is 6.79. The molecule has 11 heteroatoms. The normalized spacial score (nSPS) is 20.7. The van der Waals surface area contributed by atoms with E-state index in [1.54, 1.807) is 23.6 Å². The predicted molar refractivity (Wildman–Crippen MR) is 126 cm³/mol. The van der Waals surface area contributed by atoms with Crippen LogP contribution in [0.15, 0.2) is 46.0 Å². The zero-order valence-electron chi connectivity index (χ0n) is 16.6. The van der Waals surface area contributed by atoms with Gasteiger partial charge < -0.3 is 4.74 Å². The first-order valence-electron chi connectivity index (χ1n) is 9.86. The highest BCUT2D eigenvalue weighted by Crippen LogP contribution is 2.30. The molecule has 2 saturated heterocycles. The van der Waals surface area contributed by atoms with Gasteiger partial charge in [-0.05, 0) is 58.3 Å². The molecule has 31 heavy (non-hydrogen) atoms. The van der Waals surface area contributed by atoms with Crippen LogP contribution in [-0.2, 0) is 24.3 Å². The quantitative estimate of drug-likeness (QED) is 0.371. The Labute approximate surface area is 199 Å². The van der Waals surface area contributed by atoms with E-state index in [0.29, 0.717) is 38.5 Å². The molecule has 2 amide bonds. The molecular formula is C20H22IN3O5S2. The Morgan fingerprint density at radius 2 is 1.84 bits per heavy atom. The van der Waals surface area contributed by atoms with Crippen molar-refractivity contribution in [2.75, 3.05) is 44.3 Å².